The Hall–Kier alpha value is -3.92. The summed E-state index contributed by atoms with van der Waals surface area (Å²) < 4.78 is 48.4. The van der Waals surface area contributed by atoms with Crippen molar-refractivity contribution in [3.63, 3.8) is 0 Å². The molecule has 0 aliphatic carbocycles. The monoisotopic (exact) mass is 456 g/mol. The molecule has 2 aliphatic heterocycles. The van der Waals surface area contributed by atoms with Crippen LogP contribution in [-0.4, -0.2) is 38.5 Å². The van der Waals surface area contributed by atoms with Crippen LogP contribution in [0.25, 0.3) is 0 Å². The van der Waals surface area contributed by atoms with E-state index < -0.39 is 41.7 Å². The summed E-state index contributed by atoms with van der Waals surface area (Å²) >= 11 is 0. The maximum Gasteiger partial charge on any atom is 0.270 e. The van der Waals surface area contributed by atoms with Gasteiger partial charge < -0.3 is 0 Å². The van der Waals surface area contributed by atoms with Crippen LogP contribution in [-0.2, 0) is 20.0 Å². The van der Waals surface area contributed by atoms with Crippen LogP contribution >= 0.6 is 0 Å². The third-order valence-electron chi connectivity index (χ3n) is 3.87. The van der Waals surface area contributed by atoms with E-state index in [1.807, 2.05) is 0 Å². The van der Waals surface area contributed by atoms with Crippen LogP contribution < -0.4 is 9.44 Å². The standard InChI is InChI=1S/2C7H4N2O5S/c2*10-7-5-3-4(9(11)12)1-2-6(5)15(13,14)8-7/h2*1-3H,(H,8,10). The van der Waals surface area contributed by atoms with Gasteiger partial charge in [0.25, 0.3) is 43.2 Å². The Kier molecular flexibility index (Phi) is 4.75. The van der Waals surface area contributed by atoms with Gasteiger partial charge in [0, 0.05) is 24.3 Å². The SMILES string of the molecule is O=C1NS(=O)(=O)c2ccc([N+](=O)[O-])cc21.O=C1NS(=O)(=O)c2ccc([N+](=O)[O-])cc21. The van der Waals surface area contributed by atoms with Gasteiger partial charge in [-0.1, -0.05) is 0 Å². The predicted octanol–water partition coefficient (Wildman–Crippen LogP) is 0.0538. The number of carbonyl (C=O) groups excluding carboxylic acids is 2. The normalized spacial score (nSPS) is 16.9. The summed E-state index contributed by atoms with van der Waals surface area (Å²) in [6, 6.07) is 6.04. The lowest BCUT2D eigenvalue weighted by atomic mass is 10.2. The summed E-state index contributed by atoms with van der Waals surface area (Å²) in [4.78, 5) is 41.2. The molecule has 16 heteroatoms. The molecule has 0 spiro atoms. The second-order valence-electron chi connectivity index (χ2n) is 5.74. The van der Waals surface area contributed by atoms with Crippen LogP contribution in [0.1, 0.15) is 20.7 Å². The van der Waals surface area contributed by atoms with Crippen molar-refractivity contribution < 1.29 is 36.3 Å². The molecule has 4 rings (SSSR count). The Bertz CT molecular complexity index is 1260. The first-order valence-corrected chi connectivity index (χ1v) is 10.5. The van der Waals surface area contributed by atoms with Crippen LogP contribution in [0.3, 0.4) is 0 Å². The van der Waals surface area contributed by atoms with Gasteiger partial charge in [-0.2, -0.15) is 0 Å². The summed E-state index contributed by atoms with van der Waals surface area (Å²) in [5.41, 5.74) is -1.02. The third kappa shape index (κ3) is 3.55. The lowest BCUT2D eigenvalue weighted by Gasteiger charge is -1.94. The lowest BCUT2D eigenvalue weighted by molar-refractivity contribution is -0.385. The molecule has 2 aliphatic rings. The van der Waals surface area contributed by atoms with Crippen molar-refractivity contribution in [1.29, 1.82) is 0 Å². The van der Waals surface area contributed by atoms with Crippen molar-refractivity contribution in [2.75, 3.05) is 0 Å². The van der Waals surface area contributed by atoms with E-state index in [1.165, 1.54) is 0 Å². The summed E-state index contributed by atoms with van der Waals surface area (Å²) in [5, 5.41) is 20.8. The molecule has 2 aromatic rings. The minimum atomic E-state index is -3.82. The Labute approximate surface area is 166 Å². The zero-order chi connectivity index (χ0) is 22.4. The van der Waals surface area contributed by atoms with Crippen molar-refractivity contribution in [3.8, 4) is 0 Å². The van der Waals surface area contributed by atoms with Gasteiger partial charge in [-0.3, -0.25) is 29.8 Å². The number of carbonyl (C=O) groups is 2. The molecule has 30 heavy (non-hydrogen) atoms. The fraction of sp³-hybridized carbons (Fsp3) is 0. The van der Waals surface area contributed by atoms with Gasteiger partial charge in [0.1, 0.15) is 9.79 Å². The highest BCUT2D eigenvalue weighted by atomic mass is 32.2. The van der Waals surface area contributed by atoms with Gasteiger partial charge in [0.15, 0.2) is 0 Å². The first-order chi connectivity index (χ1) is 13.8. The molecular formula is C14H8N4O10S2. The number of nitro groups is 2. The largest absolute Gasteiger partial charge is 0.270 e. The second-order valence-corrected chi connectivity index (χ2v) is 9.05. The molecule has 0 saturated carbocycles. The van der Waals surface area contributed by atoms with Crippen LogP contribution in [0.2, 0.25) is 0 Å². The maximum absolute atomic E-state index is 11.2. The minimum absolute atomic E-state index is 0.191. The Morgan fingerprint density at radius 2 is 1.00 bits per heavy atom. The molecule has 156 valence electrons. The van der Waals surface area contributed by atoms with Gasteiger partial charge in [0.2, 0.25) is 0 Å². The smallest absolute Gasteiger partial charge is 0.268 e. The van der Waals surface area contributed by atoms with Gasteiger partial charge >= 0.3 is 0 Å². The zero-order valence-corrected chi connectivity index (χ0v) is 15.9. The quantitative estimate of drug-likeness (QED) is 0.457. The number of nitrogens with one attached hydrogen (secondary N) is 2. The van der Waals surface area contributed by atoms with E-state index in [4.69, 9.17) is 0 Å². The molecule has 0 aromatic heterocycles. The maximum atomic E-state index is 11.2. The molecular weight excluding hydrogens is 448 g/mol. The average Bonchev–Trinajstić information content (AvgIpc) is 3.03. The van der Waals surface area contributed by atoms with E-state index in [1.54, 1.807) is 9.44 Å². The van der Waals surface area contributed by atoms with Crippen LogP contribution in [0.15, 0.2) is 46.2 Å². The fourth-order valence-electron chi connectivity index (χ4n) is 2.55. The second kappa shape index (κ2) is 6.85. The van der Waals surface area contributed by atoms with E-state index in [0.29, 0.717) is 0 Å². The van der Waals surface area contributed by atoms with E-state index in [9.17, 15) is 46.7 Å². The first kappa shape index (κ1) is 20.8. The molecule has 0 atom stereocenters. The molecule has 2 N–H and O–H groups in total. The van der Waals surface area contributed by atoms with Crippen LogP contribution in [0, 0.1) is 20.2 Å². The highest BCUT2D eigenvalue weighted by Gasteiger charge is 2.34. The molecule has 14 nitrogen and oxygen atoms in total. The molecule has 0 saturated heterocycles. The number of fused-ring (bicyclic) bond motifs is 2. The molecule has 2 aromatic carbocycles. The number of sulfonamides is 2. The molecule has 0 unspecified atom stereocenters. The molecule has 2 amide bonds. The number of amides is 2. The van der Waals surface area contributed by atoms with Gasteiger partial charge in [-0.15, -0.1) is 0 Å². The van der Waals surface area contributed by atoms with Gasteiger partial charge in [0.05, 0.1) is 21.0 Å². The van der Waals surface area contributed by atoms with Crippen molar-refractivity contribution in [1.82, 2.24) is 9.44 Å². The number of non-ortho nitro benzene ring substituents is 2. The summed E-state index contributed by atoms with van der Waals surface area (Å²) in [5.74, 6) is -1.68. The predicted molar refractivity (Wildman–Crippen MR) is 95.5 cm³/mol. The summed E-state index contributed by atoms with van der Waals surface area (Å²) in [6.07, 6.45) is 0. The van der Waals surface area contributed by atoms with Crippen LogP contribution in [0.4, 0.5) is 11.4 Å². The molecule has 0 fully saturated rings. The van der Waals surface area contributed by atoms with E-state index in [-0.39, 0.29) is 32.3 Å². The Balaban J connectivity index is 0.000000171. The number of hydrogen-bond acceptors (Lipinski definition) is 10. The van der Waals surface area contributed by atoms with Crippen molar-refractivity contribution in [2.24, 2.45) is 0 Å². The van der Waals surface area contributed by atoms with Crippen molar-refractivity contribution >= 4 is 43.2 Å². The molecule has 2 heterocycles. The Morgan fingerprint density at radius 1 is 0.667 bits per heavy atom. The van der Waals surface area contributed by atoms with E-state index in [2.05, 4.69) is 0 Å². The van der Waals surface area contributed by atoms with E-state index >= 15 is 0 Å². The van der Waals surface area contributed by atoms with Gasteiger partial charge in [-0.25, -0.2) is 26.3 Å². The van der Waals surface area contributed by atoms with Crippen molar-refractivity contribution in [2.45, 2.75) is 9.79 Å². The molecule has 0 radical (unpaired) electrons. The highest BCUT2D eigenvalue weighted by molar-refractivity contribution is 7.91. The lowest BCUT2D eigenvalue weighted by Crippen LogP contribution is -2.20. The number of nitrogens with zero attached hydrogens (tertiary/aromatic N) is 2. The average molecular weight is 456 g/mol. The number of nitro benzene ring substituents is 2. The topological polar surface area (TPSA) is 213 Å². The number of benzene rings is 2. The van der Waals surface area contributed by atoms with Gasteiger partial charge in [-0.05, 0) is 12.1 Å². The number of rotatable bonds is 2. The highest BCUT2D eigenvalue weighted by Crippen LogP contribution is 2.27. The minimum Gasteiger partial charge on any atom is -0.268 e. The van der Waals surface area contributed by atoms with E-state index in [0.717, 1.165) is 36.4 Å². The Morgan fingerprint density at radius 3 is 1.30 bits per heavy atom. The first-order valence-electron chi connectivity index (χ1n) is 7.54. The van der Waals surface area contributed by atoms with Crippen molar-refractivity contribution in [3.05, 3.63) is 67.8 Å². The van der Waals surface area contributed by atoms with Crippen LogP contribution in [0.5, 0.6) is 0 Å². The molecule has 0 bridgehead atoms. The summed E-state index contributed by atoms with van der Waals surface area (Å²) in [7, 11) is -7.64. The zero-order valence-electron chi connectivity index (χ0n) is 14.3. The third-order valence-corrected chi connectivity index (χ3v) is 6.65. The number of hydrogen-bond donors (Lipinski definition) is 2. The fourth-order valence-corrected chi connectivity index (χ4v) is 4.86. The summed E-state index contributed by atoms with van der Waals surface area (Å²) in [6.45, 7) is 0.